The van der Waals surface area contributed by atoms with Crippen LogP contribution in [0.5, 0.6) is 0 Å². The molecular formula is C13H14N6O. The second-order valence-electron chi connectivity index (χ2n) is 3.99. The number of carbonyl (C=O) groups excluding carboxylic acids is 1. The van der Waals surface area contributed by atoms with E-state index in [0.717, 1.165) is 0 Å². The molecule has 2 rings (SSSR count). The fourth-order valence-corrected chi connectivity index (χ4v) is 1.60. The molecule has 0 fully saturated rings. The second kappa shape index (κ2) is 6.45. The molecule has 0 aliphatic carbocycles. The number of amides is 1. The molecular weight excluding hydrogens is 256 g/mol. The first kappa shape index (κ1) is 13.7. The lowest BCUT2D eigenvalue weighted by Gasteiger charge is -2.11. The van der Waals surface area contributed by atoms with Crippen molar-refractivity contribution in [3.8, 4) is 11.8 Å². The zero-order chi connectivity index (χ0) is 14.4. The molecule has 0 aromatic carbocycles. The summed E-state index contributed by atoms with van der Waals surface area (Å²) < 4.78 is 0. The third-order valence-electron chi connectivity index (χ3n) is 2.58. The fourth-order valence-electron chi connectivity index (χ4n) is 1.60. The van der Waals surface area contributed by atoms with Gasteiger partial charge in [-0.3, -0.25) is 14.9 Å². The van der Waals surface area contributed by atoms with Gasteiger partial charge in [-0.1, -0.05) is 11.8 Å². The van der Waals surface area contributed by atoms with Gasteiger partial charge in [0.1, 0.15) is 12.2 Å². The number of aromatic nitrogens is 4. The minimum Gasteiger partial charge on any atom is -0.342 e. The normalized spacial score (nSPS) is 11.3. The Hall–Kier alpha value is -2.72. The summed E-state index contributed by atoms with van der Waals surface area (Å²) in [4.78, 5) is 20.2. The Labute approximate surface area is 116 Å². The van der Waals surface area contributed by atoms with Crippen LogP contribution in [0.25, 0.3) is 0 Å². The van der Waals surface area contributed by atoms with Crippen molar-refractivity contribution >= 4 is 5.91 Å². The molecule has 20 heavy (non-hydrogen) atoms. The van der Waals surface area contributed by atoms with Gasteiger partial charge in [-0.2, -0.15) is 5.10 Å². The van der Waals surface area contributed by atoms with E-state index in [1.54, 1.807) is 12.3 Å². The summed E-state index contributed by atoms with van der Waals surface area (Å²) in [5, 5.41) is 9.27. The number of hydrogen-bond acceptors (Lipinski definition) is 5. The fraction of sp³-hybridized carbons (Fsp3) is 0.231. The van der Waals surface area contributed by atoms with Crippen LogP contribution in [-0.4, -0.2) is 32.6 Å². The van der Waals surface area contributed by atoms with Crippen molar-refractivity contribution in [1.29, 1.82) is 0 Å². The minimum absolute atomic E-state index is 0.227. The Balaban J connectivity index is 2.17. The van der Waals surface area contributed by atoms with Gasteiger partial charge in [0.05, 0.1) is 23.7 Å². The van der Waals surface area contributed by atoms with E-state index in [2.05, 4.69) is 37.3 Å². The summed E-state index contributed by atoms with van der Waals surface area (Å²) in [5.74, 6) is 5.87. The standard InChI is InChI=1S/C13H14N6O/c1-9(12-16-8-17-19-12)18-13(20)11-4-6-15-7-10(11)3-2-5-14/h4,6-9H,5,14H2,1H3,(H,18,20)(H,16,17,19). The van der Waals surface area contributed by atoms with Crippen molar-refractivity contribution in [2.24, 2.45) is 5.73 Å². The van der Waals surface area contributed by atoms with Crippen molar-refractivity contribution in [1.82, 2.24) is 25.5 Å². The molecule has 102 valence electrons. The van der Waals surface area contributed by atoms with Crippen molar-refractivity contribution in [3.05, 3.63) is 41.7 Å². The molecule has 0 aliphatic rings. The predicted octanol–water partition coefficient (Wildman–Crippen LogP) is 0.000900. The number of pyridine rings is 1. The van der Waals surface area contributed by atoms with E-state index in [4.69, 9.17) is 5.73 Å². The first-order valence-corrected chi connectivity index (χ1v) is 6.01. The van der Waals surface area contributed by atoms with Gasteiger partial charge in [-0.05, 0) is 13.0 Å². The third-order valence-corrected chi connectivity index (χ3v) is 2.58. The van der Waals surface area contributed by atoms with E-state index in [9.17, 15) is 4.79 Å². The first-order chi connectivity index (χ1) is 9.72. The molecule has 0 bridgehead atoms. The predicted molar refractivity (Wildman–Crippen MR) is 72.4 cm³/mol. The average molecular weight is 270 g/mol. The molecule has 1 unspecified atom stereocenters. The van der Waals surface area contributed by atoms with Crippen LogP contribution >= 0.6 is 0 Å². The Morgan fingerprint density at radius 3 is 3.15 bits per heavy atom. The molecule has 0 radical (unpaired) electrons. The van der Waals surface area contributed by atoms with E-state index < -0.39 is 0 Å². The summed E-state index contributed by atoms with van der Waals surface area (Å²) in [7, 11) is 0. The maximum atomic E-state index is 12.2. The summed E-state index contributed by atoms with van der Waals surface area (Å²) in [5.41, 5.74) is 6.33. The zero-order valence-electron chi connectivity index (χ0n) is 10.9. The Morgan fingerprint density at radius 1 is 1.60 bits per heavy atom. The molecule has 2 aromatic rings. The topological polar surface area (TPSA) is 110 Å². The van der Waals surface area contributed by atoms with Crippen molar-refractivity contribution in [3.63, 3.8) is 0 Å². The highest BCUT2D eigenvalue weighted by atomic mass is 16.1. The highest BCUT2D eigenvalue weighted by molar-refractivity contribution is 5.96. The van der Waals surface area contributed by atoms with Crippen molar-refractivity contribution < 1.29 is 4.79 Å². The first-order valence-electron chi connectivity index (χ1n) is 6.01. The number of aromatic amines is 1. The second-order valence-corrected chi connectivity index (χ2v) is 3.99. The number of nitrogens with one attached hydrogen (secondary N) is 2. The molecule has 4 N–H and O–H groups in total. The molecule has 0 saturated carbocycles. The Kier molecular flexibility index (Phi) is 4.42. The Morgan fingerprint density at radius 2 is 2.45 bits per heavy atom. The lowest BCUT2D eigenvalue weighted by molar-refractivity contribution is 0.0938. The summed E-state index contributed by atoms with van der Waals surface area (Å²) in [6.45, 7) is 2.04. The number of nitrogens with two attached hydrogens (primary N) is 1. The van der Waals surface area contributed by atoms with Gasteiger partial charge in [0, 0.05) is 12.4 Å². The smallest absolute Gasteiger partial charge is 0.253 e. The van der Waals surface area contributed by atoms with Gasteiger partial charge in [0.2, 0.25) is 0 Å². The number of nitrogens with zero attached hydrogens (tertiary/aromatic N) is 3. The molecule has 7 nitrogen and oxygen atoms in total. The lowest BCUT2D eigenvalue weighted by Crippen LogP contribution is -2.28. The van der Waals surface area contributed by atoms with E-state index in [1.165, 1.54) is 12.5 Å². The van der Waals surface area contributed by atoms with Crippen LogP contribution in [0, 0.1) is 11.8 Å². The number of hydrogen-bond donors (Lipinski definition) is 3. The highest BCUT2D eigenvalue weighted by Gasteiger charge is 2.15. The minimum atomic E-state index is -0.284. The maximum Gasteiger partial charge on any atom is 0.253 e. The summed E-state index contributed by atoms with van der Waals surface area (Å²) in [6, 6.07) is 1.33. The van der Waals surface area contributed by atoms with Gasteiger partial charge in [0.25, 0.3) is 5.91 Å². The van der Waals surface area contributed by atoms with Gasteiger partial charge < -0.3 is 11.1 Å². The monoisotopic (exact) mass is 270 g/mol. The number of rotatable bonds is 3. The van der Waals surface area contributed by atoms with E-state index in [0.29, 0.717) is 17.0 Å². The quantitative estimate of drug-likeness (QED) is 0.680. The molecule has 2 heterocycles. The van der Waals surface area contributed by atoms with E-state index in [-0.39, 0.29) is 18.5 Å². The van der Waals surface area contributed by atoms with Crippen LogP contribution in [0.3, 0.4) is 0 Å². The van der Waals surface area contributed by atoms with Gasteiger partial charge in [-0.25, -0.2) is 4.98 Å². The van der Waals surface area contributed by atoms with Crippen LogP contribution in [0.4, 0.5) is 0 Å². The van der Waals surface area contributed by atoms with Crippen LogP contribution in [0.15, 0.2) is 24.8 Å². The van der Waals surface area contributed by atoms with Gasteiger partial charge >= 0.3 is 0 Å². The largest absolute Gasteiger partial charge is 0.342 e. The van der Waals surface area contributed by atoms with Gasteiger partial charge in [0.15, 0.2) is 0 Å². The van der Waals surface area contributed by atoms with Crippen molar-refractivity contribution in [2.75, 3.05) is 6.54 Å². The lowest BCUT2D eigenvalue weighted by atomic mass is 10.1. The maximum absolute atomic E-state index is 12.2. The molecule has 0 spiro atoms. The highest BCUT2D eigenvalue weighted by Crippen LogP contribution is 2.09. The SMILES string of the molecule is CC(NC(=O)c1ccncc1C#CCN)c1ncn[nH]1. The zero-order valence-corrected chi connectivity index (χ0v) is 10.9. The summed E-state index contributed by atoms with van der Waals surface area (Å²) in [6.07, 6.45) is 4.47. The molecule has 0 saturated heterocycles. The average Bonchev–Trinajstić information content (AvgIpc) is 2.99. The van der Waals surface area contributed by atoms with Crippen LogP contribution in [0.1, 0.15) is 34.7 Å². The molecule has 1 atom stereocenters. The molecule has 0 aliphatic heterocycles. The van der Waals surface area contributed by atoms with E-state index >= 15 is 0 Å². The molecule has 1 amide bonds. The van der Waals surface area contributed by atoms with Crippen LogP contribution < -0.4 is 11.1 Å². The summed E-state index contributed by atoms with van der Waals surface area (Å²) >= 11 is 0. The third kappa shape index (κ3) is 3.18. The molecule has 7 heteroatoms. The van der Waals surface area contributed by atoms with Crippen molar-refractivity contribution in [2.45, 2.75) is 13.0 Å². The number of H-pyrrole nitrogens is 1. The molecule has 2 aromatic heterocycles. The Bertz CT molecular complexity index is 640. The van der Waals surface area contributed by atoms with Crippen LogP contribution in [-0.2, 0) is 0 Å². The van der Waals surface area contributed by atoms with Gasteiger partial charge in [-0.15, -0.1) is 0 Å². The van der Waals surface area contributed by atoms with Crippen LogP contribution in [0.2, 0.25) is 0 Å². The van der Waals surface area contributed by atoms with E-state index in [1.807, 2.05) is 6.92 Å². The number of carbonyl (C=O) groups is 1.